The number of anilines is 3. The average molecular weight is 670 g/mol. The lowest BCUT2D eigenvalue weighted by atomic mass is 10.1. The van der Waals surface area contributed by atoms with Crippen LogP contribution in [0.1, 0.15) is 43.1 Å². The largest absolute Gasteiger partial charge is 0.494 e. The van der Waals surface area contributed by atoms with Gasteiger partial charge in [-0.1, -0.05) is 30.3 Å². The van der Waals surface area contributed by atoms with Gasteiger partial charge < -0.3 is 34.1 Å². The molecule has 10 nitrogen and oxygen atoms in total. The predicted octanol–water partition coefficient (Wildman–Crippen LogP) is 5.32. The van der Waals surface area contributed by atoms with Crippen LogP contribution in [0.25, 0.3) is 10.9 Å². The molecule has 0 unspecified atom stereocenters. The van der Waals surface area contributed by atoms with Crippen LogP contribution in [0.4, 0.5) is 21.5 Å². The standard InChI is InChI=1S/C38H44FN5O5/c1-5-41-24-29(37(47)40-31-13-12-27(21-34(31)48-4)44-19-20-49-38(2,3)25-44)36(46)28-22-30(39)33(23-32(28)41)42-15-17-43(18-16-42)35(45)14-11-26-9-7-6-8-10-26/h6-10,12-13,21-24H,5,11,14-20,25H2,1-4H3,(H,40,47). The van der Waals surface area contributed by atoms with Crippen molar-refractivity contribution in [2.45, 2.75) is 45.8 Å². The molecule has 49 heavy (non-hydrogen) atoms. The Labute approximate surface area is 286 Å². The summed E-state index contributed by atoms with van der Waals surface area (Å²) in [6, 6.07) is 18.4. The second-order valence-electron chi connectivity index (χ2n) is 13.2. The third kappa shape index (κ3) is 7.41. The molecule has 2 saturated heterocycles. The number of nitrogens with zero attached hydrogens (tertiary/aromatic N) is 4. The summed E-state index contributed by atoms with van der Waals surface area (Å²) in [4.78, 5) is 46.0. The molecule has 0 radical (unpaired) electrons. The monoisotopic (exact) mass is 669 g/mol. The van der Waals surface area contributed by atoms with Crippen LogP contribution in [0.15, 0.2) is 71.7 Å². The number of aryl methyl sites for hydroxylation is 2. The highest BCUT2D eigenvalue weighted by Gasteiger charge is 2.28. The Bertz CT molecular complexity index is 1900. The van der Waals surface area contributed by atoms with Crippen LogP contribution in [0, 0.1) is 5.82 Å². The number of carbonyl (C=O) groups excluding carboxylic acids is 2. The lowest BCUT2D eigenvalue weighted by molar-refractivity contribution is -0.131. The van der Waals surface area contributed by atoms with Crippen molar-refractivity contribution in [3.05, 3.63) is 94.0 Å². The number of nitrogens with one attached hydrogen (secondary N) is 1. The first-order chi connectivity index (χ1) is 23.6. The second-order valence-corrected chi connectivity index (χ2v) is 13.2. The van der Waals surface area contributed by atoms with Crippen LogP contribution >= 0.6 is 0 Å². The third-order valence-corrected chi connectivity index (χ3v) is 9.40. The van der Waals surface area contributed by atoms with E-state index in [1.165, 1.54) is 19.4 Å². The molecule has 2 aliphatic heterocycles. The van der Waals surface area contributed by atoms with E-state index >= 15 is 4.39 Å². The number of amides is 2. The number of pyridine rings is 1. The van der Waals surface area contributed by atoms with Crippen molar-refractivity contribution < 1.29 is 23.5 Å². The van der Waals surface area contributed by atoms with E-state index in [-0.39, 0.29) is 22.5 Å². The molecule has 11 heteroatoms. The first-order valence-electron chi connectivity index (χ1n) is 16.9. The molecule has 1 N–H and O–H groups in total. The molecule has 6 rings (SSSR count). The van der Waals surface area contributed by atoms with E-state index in [1.54, 1.807) is 16.7 Å². The fraction of sp³-hybridized carbons (Fsp3) is 0.395. The Kier molecular flexibility index (Phi) is 9.91. The molecule has 2 amide bonds. The Morgan fingerprint density at radius 1 is 0.980 bits per heavy atom. The molecule has 0 spiro atoms. The third-order valence-electron chi connectivity index (χ3n) is 9.40. The minimum absolute atomic E-state index is 0.0859. The van der Waals surface area contributed by atoms with Gasteiger partial charge in [-0.3, -0.25) is 14.4 Å². The van der Waals surface area contributed by atoms with Gasteiger partial charge in [-0.05, 0) is 57.0 Å². The van der Waals surface area contributed by atoms with Gasteiger partial charge in [-0.25, -0.2) is 4.39 Å². The normalized spacial score (nSPS) is 16.1. The molecule has 258 valence electrons. The Hall–Kier alpha value is -4.90. The second kappa shape index (κ2) is 14.3. The summed E-state index contributed by atoms with van der Waals surface area (Å²) in [5.41, 5.74) is 2.46. The maximum absolute atomic E-state index is 15.7. The number of morpholine rings is 1. The summed E-state index contributed by atoms with van der Waals surface area (Å²) in [5.74, 6) is -0.606. The molecule has 3 heterocycles. The van der Waals surface area contributed by atoms with Gasteiger partial charge >= 0.3 is 0 Å². The lowest BCUT2D eigenvalue weighted by Gasteiger charge is -2.39. The maximum Gasteiger partial charge on any atom is 0.261 e. The van der Waals surface area contributed by atoms with E-state index in [0.717, 1.165) is 17.8 Å². The SMILES string of the molecule is CCn1cc(C(=O)Nc2ccc(N3CCOC(C)(C)C3)cc2OC)c(=O)c2cc(F)c(N3CCN(C(=O)CCc4ccccc4)CC3)cc21. The van der Waals surface area contributed by atoms with Gasteiger partial charge in [0.25, 0.3) is 5.91 Å². The summed E-state index contributed by atoms with van der Waals surface area (Å²) >= 11 is 0. The summed E-state index contributed by atoms with van der Waals surface area (Å²) < 4.78 is 28.9. The van der Waals surface area contributed by atoms with E-state index in [9.17, 15) is 14.4 Å². The number of aromatic nitrogens is 1. The summed E-state index contributed by atoms with van der Waals surface area (Å²) in [7, 11) is 1.53. The molecule has 0 bridgehead atoms. The number of hydrogen-bond donors (Lipinski definition) is 1. The Balaban J connectivity index is 1.18. The highest BCUT2D eigenvalue weighted by atomic mass is 19.1. The minimum Gasteiger partial charge on any atom is -0.494 e. The first-order valence-corrected chi connectivity index (χ1v) is 16.9. The van der Waals surface area contributed by atoms with Crippen molar-refractivity contribution in [2.24, 2.45) is 0 Å². The van der Waals surface area contributed by atoms with Crippen molar-refractivity contribution in [3.63, 3.8) is 0 Å². The van der Waals surface area contributed by atoms with Gasteiger partial charge in [-0.15, -0.1) is 0 Å². The zero-order chi connectivity index (χ0) is 34.7. The first kappa shape index (κ1) is 34.0. The molecule has 0 saturated carbocycles. The fourth-order valence-corrected chi connectivity index (χ4v) is 6.72. The van der Waals surface area contributed by atoms with Crippen molar-refractivity contribution >= 4 is 39.8 Å². The average Bonchev–Trinajstić information content (AvgIpc) is 3.11. The predicted molar refractivity (Wildman–Crippen MR) is 191 cm³/mol. The van der Waals surface area contributed by atoms with Crippen LogP contribution in [-0.4, -0.2) is 79.9 Å². The highest BCUT2D eigenvalue weighted by Crippen LogP contribution is 2.33. The zero-order valence-electron chi connectivity index (χ0n) is 28.6. The summed E-state index contributed by atoms with van der Waals surface area (Å²) in [6.45, 7) is 10.4. The van der Waals surface area contributed by atoms with Crippen LogP contribution in [0.2, 0.25) is 0 Å². The fourth-order valence-electron chi connectivity index (χ4n) is 6.72. The molecule has 0 aliphatic carbocycles. The Morgan fingerprint density at radius 3 is 2.43 bits per heavy atom. The van der Waals surface area contributed by atoms with E-state index in [1.807, 2.05) is 73.0 Å². The number of rotatable bonds is 9. The van der Waals surface area contributed by atoms with Crippen LogP contribution in [0.5, 0.6) is 5.75 Å². The van der Waals surface area contributed by atoms with Crippen molar-refractivity contribution in [3.8, 4) is 5.75 Å². The van der Waals surface area contributed by atoms with Gasteiger partial charge in [0.2, 0.25) is 11.3 Å². The zero-order valence-corrected chi connectivity index (χ0v) is 28.6. The molecule has 4 aromatic rings. The molecule has 2 aliphatic rings. The van der Waals surface area contributed by atoms with E-state index in [2.05, 4.69) is 10.2 Å². The quantitative estimate of drug-likeness (QED) is 0.258. The van der Waals surface area contributed by atoms with Gasteiger partial charge in [0.15, 0.2) is 0 Å². The molecule has 0 atom stereocenters. The number of piperazine rings is 1. The molecule has 3 aromatic carbocycles. The van der Waals surface area contributed by atoms with Crippen LogP contribution in [-0.2, 0) is 22.5 Å². The van der Waals surface area contributed by atoms with Gasteiger partial charge in [0.05, 0.1) is 36.2 Å². The number of fused-ring (bicyclic) bond motifs is 1. The lowest BCUT2D eigenvalue weighted by Crippen LogP contribution is -2.49. The van der Waals surface area contributed by atoms with E-state index in [0.29, 0.717) is 81.4 Å². The van der Waals surface area contributed by atoms with Gasteiger partial charge in [-0.2, -0.15) is 0 Å². The molecular formula is C38H44FN5O5. The van der Waals surface area contributed by atoms with Crippen molar-refractivity contribution in [1.82, 2.24) is 9.47 Å². The number of halogens is 1. The van der Waals surface area contributed by atoms with Crippen molar-refractivity contribution in [1.29, 1.82) is 0 Å². The number of benzene rings is 3. The van der Waals surface area contributed by atoms with Crippen LogP contribution < -0.4 is 25.3 Å². The van der Waals surface area contributed by atoms with Crippen LogP contribution in [0.3, 0.4) is 0 Å². The molecule has 2 fully saturated rings. The number of ether oxygens (including phenoxy) is 2. The molecular weight excluding hydrogens is 625 g/mol. The Morgan fingerprint density at radius 2 is 1.73 bits per heavy atom. The summed E-state index contributed by atoms with van der Waals surface area (Å²) in [6.07, 6.45) is 2.64. The van der Waals surface area contributed by atoms with Gasteiger partial charge in [0.1, 0.15) is 17.1 Å². The smallest absolute Gasteiger partial charge is 0.261 e. The number of carbonyl (C=O) groups is 2. The van der Waals surface area contributed by atoms with Gasteiger partial charge in [0, 0.05) is 75.6 Å². The van der Waals surface area contributed by atoms with E-state index in [4.69, 9.17) is 9.47 Å². The maximum atomic E-state index is 15.7. The highest BCUT2D eigenvalue weighted by molar-refractivity contribution is 6.06. The van der Waals surface area contributed by atoms with Crippen molar-refractivity contribution in [2.75, 3.05) is 68.1 Å². The summed E-state index contributed by atoms with van der Waals surface area (Å²) in [5, 5.41) is 2.96. The van der Waals surface area contributed by atoms with E-state index < -0.39 is 17.2 Å². The number of methoxy groups -OCH3 is 1. The molecule has 1 aromatic heterocycles. The topological polar surface area (TPSA) is 96.3 Å². The minimum atomic E-state index is -0.606. The number of hydrogen-bond acceptors (Lipinski definition) is 7.